The maximum atomic E-state index is 12.7. The molecule has 0 heterocycles. The van der Waals surface area contributed by atoms with Crippen LogP contribution in [0.15, 0.2) is 24.3 Å². The van der Waals surface area contributed by atoms with E-state index >= 15 is 0 Å². The highest BCUT2D eigenvalue weighted by atomic mass is 16.6. The van der Waals surface area contributed by atoms with Crippen LogP contribution < -0.4 is 0 Å². The van der Waals surface area contributed by atoms with E-state index in [1.807, 2.05) is 20.8 Å². The van der Waals surface area contributed by atoms with Crippen LogP contribution in [0.1, 0.15) is 54.9 Å². The van der Waals surface area contributed by atoms with Crippen molar-refractivity contribution in [1.29, 1.82) is 0 Å². The lowest BCUT2D eigenvalue weighted by molar-refractivity contribution is -0.179. The monoisotopic (exact) mass is 344 g/mol. The van der Waals surface area contributed by atoms with Gasteiger partial charge in [0, 0.05) is 6.42 Å². The summed E-state index contributed by atoms with van der Waals surface area (Å²) in [6, 6.07) is 4.10. The number of aryl methyl sites for hydroxylation is 3. The molecule has 1 fully saturated rings. The quantitative estimate of drug-likeness (QED) is 0.595. The lowest BCUT2D eigenvalue weighted by Crippen LogP contribution is -2.48. The first kappa shape index (κ1) is 19.2. The van der Waals surface area contributed by atoms with Gasteiger partial charge in [0.15, 0.2) is 0 Å². The molecule has 0 spiro atoms. The lowest BCUT2D eigenvalue weighted by Gasteiger charge is -2.36. The van der Waals surface area contributed by atoms with Gasteiger partial charge >= 0.3 is 11.9 Å². The molecular formula is C21H28O4. The fraction of sp³-hybridized carbons (Fsp3) is 0.524. The Morgan fingerprint density at radius 3 is 2.36 bits per heavy atom. The molecule has 1 saturated carbocycles. The van der Waals surface area contributed by atoms with Gasteiger partial charge in [-0.05, 0) is 69.2 Å². The van der Waals surface area contributed by atoms with Crippen LogP contribution in [-0.2, 0) is 25.5 Å². The Kier molecular flexibility index (Phi) is 6.04. The standard InChI is InChI=1S/C21H28O4/c1-6-24-20(23)21(10-8-7-9-17(21)5)25-19(22)13-18-15(3)11-14(2)12-16(18)4/h11-12H,5-10,13H2,1-4H3. The minimum atomic E-state index is -1.32. The van der Waals surface area contributed by atoms with Crippen molar-refractivity contribution in [3.8, 4) is 0 Å². The van der Waals surface area contributed by atoms with Gasteiger partial charge in [-0.15, -0.1) is 0 Å². The minimum absolute atomic E-state index is 0.145. The largest absolute Gasteiger partial charge is 0.463 e. The molecule has 0 radical (unpaired) electrons. The van der Waals surface area contributed by atoms with Crippen molar-refractivity contribution in [2.24, 2.45) is 0 Å². The van der Waals surface area contributed by atoms with Crippen LogP contribution >= 0.6 is 0 Å². The molecule has 0 saturated heterocycles. The molecular weight excluding hydrogens is 316 g/mol. The van der Waals surface area contributed by atoms with Crippen molar-refractivity contribution >= 4 is 11.9 Å². The van der Waals surface area contributed by atoms with E-state index in [0.29, 0.717) is 18.4 Å². The van der Waals surface area contributed by atoms with Crippen molar-refractivity contribution in [3.63, 3.8) is 0 Å². The highest BCUT2D eigenvalue weighted by Crippen LogP contribution is 2.37. The predicted molar refractivity (Wildman–Crippen MR) is 97.4 cm³/mol. The van der Waals surface area contributed by atoms with Crippen LogP contribution in [-0.4, -0.2) is 24.1 Å². The van der Waals surface area contributed by atoms with Crippen molar-refractivity contribution in [3.05, 3.63) is 46.5 Å². The van der Waals surface area contributed by atoms with Crippen LogP contribution in [0.5, 0.6) is 0 Å². The van der Waals surface area contributed by atoms with E-state index in [4.69, 9.17) is 9.47 Å². The van der Waals surface area contributed by atoms with Gasteiger partial charge in [0.05, 0.1) is 13.0 Å². The zero-order valence-electron chi connectivity index (χ0n) is 15.7. The smallest absolute Gasteiger partial charge is 0.355 e. The molecule has 4 nitrogen and oxygen atoms in total. The summed E-state index contributed by atoms with van der Waals surface area (Å²) in [6.45, 7) is 12.0. The zero-order valence-corrected chi connectivity index (χ0v) is 15.7. The summed E-state index contributed by atoms with van der Waals surface area (Å²) in [4.78, 5) is 25.2. The SMILES string of the molecule is C=C1CCCCC1(OC(=O)Cc1c(C)cc(C)cc1C)C(=O)OCC. The molecule has 0 amide bonds. The molecule has 1 unspecified atom stereocenters. The van der Waals surface area contributed by atoms with Gasteiger partial charge in [-0.25, -0.2) is 4.79 Å². The number of hydrogen-bond donors (Lipinski definition) is 0. The number of ether oxygens (including phenoxy) is 2. The number of esters is 2. The van der Waals surface area contributed by atoms with Gasteiger partial charge in [0.25, 0.3) is 0 Å². The van der Waals surface area contributed by atoms with Crippen molar-refractivity contribution < 1.29 is 19.1 Å². The average Bonchev–Trinajstić information content (AvgIpc) is 2.53. The Balaban J connectivity index is 2.23. The van der Waals surface area contributed by atoms with Gasteiger partial charge in [0.2, 0.25) is 5.60 Å². The van der Waals surface area contributed by atoms with Crippen LogP contribution in [0.3, 0.4) is 0 Å². The lowest BCUT2D eigenvalue weighted by atomic mass is 9.80. The molecule has 4 heteroatoms. The van der Waals surface area contributed by atoms with E-state index in [0.717, 1.165) is 35.1 Å². The zero-order chi connectivity index (χ0) is 18.6. The molecule has 0 N–H and O–H groups in total. The summed E-state index contributed by atoms with van der Waals surface area (Å²) in [5.74, 6) is -0.906. The fourth-order valence-corrected chi connectivity index (χ4v) is 3.61. The van der Waals surface area contributed by atoms with E-state index in [1.54, 1.807) is 6.92 Å². The second-order valence-electron chi connectivity index (χ2n) is 6.89. The van der Waals surface area contributed by atoms with Crippen molar-refractivity contribution in [1.82, 2.24) is 0 Å². The summed E-state index contributed by atoms with van der Waals surface area (Å²) in [6.07, 6.45) is 3.03. The molecule has 0 bridgehead atoms. The first-order chi connectivity index (χ1) is 11.8. The maximum Gasteiger partial charge on any atom is 0.355 e. The number of carbonyl (C=O) groups excluding carboxylic acids is 2. The molecule has 1 aliphatic carbocycles. The molecule has 0 aliphatic heterocycles. The second-order valence-corrected chi connectivity index (χ2v) is 6.89. The summed E-state index contributed by atoms with van der Waals surface area (Å²) in [5, 5.41) is 0. The van der Waals surface area contributed by atoms with Crippen molar-refractivity contribution in [2.75, 3.05) is 6.61 Å². The minimum Gasteiger partial charge on any atom is -0.463 e. The Bertz CT molecular complexity index is 666. The third kappa shape index (κ3) is 4.12. The van der Waals surface area contributed by atoms with Gasteiger partial charge in [-0.2, -0.15) is 0 Å². The normalized spacial score (nSPS) is 20.2. The highest BCUT2D eigenvalue weighted by Gasteiger charge is 2.47. The molecule has 1 aliphatic rings. The van der Waals surface area contributed by atoms with Gasteiger partial charge < -0.3 is 9.47 Å². The van der Waals surface area contributed by atoms with E-state index in [9.17, 15) is 9.59 Å². The third-order valence-corrected chi connectivity index (χ3v) is 4.88. The molecule has 1 aromatic carbocycles. The van der Waals surface area contributed by atoms with E-state index < -0.39 is 17.5 Å². The molecule has 0 aromatic heterocycles. The maximum absolute atomic E-state index is 12.7. The summed E-state index contributed by atoms with van der Waals surface area (Å²) in [5.41, 5.74) is 3.55. The molecule has 25 heavy (non-hydrogen) atoms. The number of carbonyl (C=O) groups is 2. The highest BCUT2D eigenvalue weighted by molar-refractivity contribution is 5.87. The molecule has 1 aromatic rings. The number of hydrogen-bond acceptors (Lipinski definition) is 4. The van der Waals surface area contributed by atoms with Crippen LogP contribution in [0.25, 0.3) is 0 Å². The first-order valence-electron chi connectivity index (χ1n) is 8.94. The fourth-order valence-electron chi connectivity index (χ4n) is 3.61. The topological polar surface area (TPSA) is 52.6 Å². The second kappa shape index (κ2) is 7.85. The van der Waals surface area contributed by atoms with Gasteiger partial charge in [0.1, 0.15) is 0 Å². The third-order valence-electron chi connectivity index (χ3n) is 4.88. The van der Waals surface area contributed by atoms with Gasteiger partial charge in [-0.3, -0.25) is 4.79 Å². The van der Waals surface area contributed by atoms with Crippen LogP contribution in [0.4, 0.5) is 0 Å². The van der Waals surface area contributed by atoms with Crippen LogP contribution in [0.2, 0.25) is 0 Å². The molecule has 2 rings (SSSR count). The van der Waals surface area contributed by atoms with Gasteiger partial charge in [-0.1, -0.05) is 24.3 Å². The Morgan fingerprint density at radius 1 is 1.16 bits per heavy atom. The summed E-state index contributed by atoms with van der Waals surface area (Å²) < 4.78 is 10.9. The van der Waals surface area contributed by atoms with Crippen molar-refractivity contribution in [2.45, 2.75) is 65.4 Å². The Hall–Kier alpha value is -2.10. The molecule has 1 atom stereocenters. The van der Waals surface area contributed by atoms with Crippen LogP contribution in [0, 0.1) is 20.8 Å². The average molecular weight is 344 g/mol. The number of rotatable bonds is 5. The summed E-state index contributed by atoms with van der Waals surface area (Å²) >= 11 is 0. The van der Waals surface area contributed by atoms with E-state index in [2.05, 4.69) is 18.7 Å². The summed E-state index contributed by atoms with van der Waals surface area (Å²) in [7, 11) is 0. The van der Waals surface area contributed by atoms with E-state index in [-0.39, 0.29) is 13.0 Å². The molecule has 136 valence electrons. The van der Waals surface area contributed by atoms with E-state index in [1.165, 1.54) is 0 Å². The number of benzene rings is 1. The Labute approximate surface area is 150 Å². The predicted octanol–water partition coefficient (Wildman–Crippen LogP) is 4.13. The first-order valence-corrected chi connectivity index (χ1v) is 8.94. The Morgan fingerprint density at radius 2 is 1.80 bits per heavy atom.